The molecule has 5 heteroatoms. The molecule has 1 aliphatic rings. The Labute approximate surface area is 152 Å². The summed E-state index contributed by atoms with van der Waals surface area (Å²) < 4.78 is 1.09. The van der Waals surface area contributed by atoms with Crippen LogP contribution in [-0.4, -0.2) is 11.0 Å². The van der Waals surface area contributed by atoms with E-state index in [0.29, 0.717) is 14.6 Å². The number of anilines is 1. The smallest absolute Gasteiger partial charge is 0.235 e. The second-order valence-corrected chi connectivity index (χ2v) is 7.61. The van der Waals surface area contributed by atoms with Crippen LogP contribution >= 0.6 is 31.9 Å². The Balaban J connectivity index is 1.92. The van der Waals surface area contributed by atoms with Crippen molar-refractivity contribution < 1.29 is 9.90 Å². The van der Waals surface area contributed by atoms with Crippen molar-refractivity contribution >= 4 is 43.5 Å². The third-order valence-electron chi connectivity index (χ3n) is 4.49. The monoisotopic (exact) mass is 437 g/mol. The van der Waals surface area contributed by atoms with Crippen molar-refractivity contribution in [1.29, 1.82) is 0 Å². The fourth-order valence-electron chi connectivity index (χ4n) is 3.27. The maximum Gasteiger partial charge on any atom is 0.235 e. The lowest BCUT2D eigenvalue weighted by Crippen LogP contribution is -2.37. The largest absolute Gasteiger partial charge is 0.506 e. The topological polar surface area (TPSA) is 49.3 Å². The summed E-state index contributed by atoms with van der Waals surface area (Å²) in [7, 11) is 0. The van der Waals surface area contributed by atoms with Gasteiger partial charge < -0.3 is 10.4 Å². The van der Waals surface area contributed by atoms with Crippen LogP contribution in [0.3, 0.4) is 0 Å². The van der Waals surface area contributed by atoms with Gasteiger partial charge >= 0.3 is 0 Å². The minimum Gasteiger partial charge on any atom is -0.506 e. The summed E-state index contributed by atoms with van der Waals surface area (Å²) in [6, 6.07) is 13.4. The van der Waals surface area contributed by atoms with Gasteiger partial charge in [-0.05, 0) is 62.4 Å². The Hall–Kier alpha value is -1.33. The van der Waals surface area contributed by atoms with Gasteiger partial charge in [0, 0.05) is 5.69 Å². The molecular formula is C18H17Br2NO2. The minimum atomic E-state index is -0.460. The van der Waals surface area contributed by atoms with E-state index in [2.05, 4.69) is 37.2 Å². The van der Waals surface area contributed by atoms with Gasteiger partial charge in [0.2, 0.25) is 5.91 Å². The molecule has 23 heavy (non-hydrogen) atoms. The van der Waals surface area contributed by atoms with Crippen LogP contribution in [0.4, 0.5) is 5.69 Å². The van der Waals surface area contributed by atoms with Gasteiger partial charge in [-0.1, -0.05) is 43.2 Å². The molecule has 3 nitrogen and oxygen atoms in total. The molecule has 0 atom stereocenters. The molecule has 0 aromatic heterocycles. The minimum absolute atomic E-state index is 0.0192. The summed E-state index contributed by atoms with van der Waals surface area (Å²) in [5.74, 6) is 0.146. The summed E-state index contributed by atoms with van der Waals surface area (Å²) in [5.41, 5.74) is 1.28. The van der Waals surface area contributed by atoms with Crippen molar-refractivity contribution in [1.82, 2.24) is 0 Å². The number of benzene rings is 2. The Kier molecular flexibility index (Phi) is 4.78. The van der Waals surface area contributed by atoms with E-state index in [-0.39, 0.29) is 11.7 Å². The van der Waals surface area contributed by atoms with E-state index in [4.69, 9.17) is 0 Å². The zero-order chi connectivity index (χ0) is 16.4. The molecule has 1 amide bonds. The first-order valence-electron chi connectivity index (χ1n) is 7.58. The Morgan fingerprint density at radius 2 is 1.61 bits per heavy atom. The summed E-state index contributed by atoms with van der Waals surface area (Å²) in [6.07, 6.45) is 3.85. The lowest BCUT2D eigenvalue weighted by atomic mass is 9.78. The van der Waals surface area contributed by atoms with E-state index in [1.807, 2.05) is 30.3 Å². The van der Waals surface area contributed by atoms with Crippen LogP contribution in [0.1, 0.15) is 31.2 Å². The van der Waals surface area contributed by atoms with Gasteiger partial charge in [-0.3, -0.25) is 4.79 Å². The molecule has 0 saturated heterocycles. The molecule has 0 unspecified atom stereocenters. The molecule has 2 N–H and O–H groups in total. The number of carbonyl (C=O) groups excluding carboxylic acids is 1. The highest BCUT2D eigenvalue weighted by Gasteiger charge is 2.42. The van der Waals surface area contributed by atoms with Crippen LogP contribution in [0, 0.1) is 0 Å². The highest BCUT2D eigenvalue weighted by atomic mass is 79.9. The molecule has 120 valence electrons. The summed E-state index contributed by atoms with van der Waals surface area (Å²) in [5, 5.41) is 12.8. The van der Waals surface area contributed by atoms with Crippen LogP contribution in [0.2, 0.25) is 0 Å². The molecule has 0 bridgehead atoms. The van der Waals surface area contributed by atoms with Crippen LogP contribution < -0.4 is 5.32 Å². The van der Waals surface area contributed by atoms with Crippen LogP contribution in [0.5, 0.6) is 5.75 Å². The Morgan fingerprint density at radius 3 is 2.17 bits per heavy atom. The predicted octanol–water partition coefficient (Wildman–Crippen LogP) is 5.37. The summed E-state index contributed by atoms with van der Waals surface area (Å²) in [4.78, 5) is 13.0. The standard InChI is InChI=1S/C18H17Br2NO2/c19-14-10-13(11-15(20)16(14)22)21-17(23)18(8-4-5-9-18)12-6-2-1-3-7-12/h1-3,6-7,10-11,22H,4-5,8-9H2,(H,21,23). The first-order valence-corrected chi connectivity index (χ1v) is 9.16. The third kappa shape index (κ3) is 3.17. The van der Waals surface area contributed by atoms with Gasteiger partial charge in [0.15, 0.2) is 0 Å². The molecule has 0 radical (unpaired) electrons. The molecule has 2 aromatic rings. The molecule has 1 fully saturated rings. The zero-order valence-electron chi connectivity index (χ0n) is 12.5. The lowest BCUT2D eigenvalue weighted by Gasteiger charge is -2.28. The van der Waals surface area contributed by atoms with Crippen molar-refractivity contribution in [2.45, 2.75) is 31.1 Å². The number of hydrogen-bond acceptors (Lipinski definition) is 2. The number of amides is 1. The molecular weight excluding hydrogens is 422 g/mol. The second-order valence-electron chi connectivity index (χ2n) is 5.90. The van der Waals surface area contributed by atoms with Crippen molar-refractivity contribution in [3.8, 4) is 5.75 Å². The van der Waals surface area contributed by atoms with Crippen molar-refractivity contribution in [2.24, 2.45) is 0 Å². The molecule has 1 aliphatic carbocycles. The maximum absolute atomic E-state index is 13.0. The molecule has 3 rings (SSSR count). The third-order valence-corrected chi connectivity index (χ3v) is 5.70. The normalized spacial score (nSPS) is 16.3. The highest BCUT2D eigenvalue weighted by Crippen LogP contribution is 2.42. The molecule has 1 saturated carbocycles. The number of halogens is 2. The van der Waals surface area contributed by atoms with Gasteiger partial charge in [0.25, 0.3) is 0 Å². The van der Waals surface area contributed by atoms with E-state index in [0.717, 1.165) is 31.2 Å². The number of phenols is 1. The average molecular weight is 439 g/mol. The fraction of sp³-hybridized carbons (Fsp3) is 0.278. The molecule has 0 aliphatic heterocycles. The van der Waals surface area contributed by atoms with Gasteiger partial charge in [-0.25, -0.2) is 0 Å². The predicted molar refractivity (Wildman–Crippen MR) is 98.7 cm³/mol. The fourth-order valence-corrected chi connectivity index (χ4v) is 4.46. The molecule has 0 spiro atoms. The van der Waals surface area contributed by atoms with Crippen LogP contribution in [0.15, 0.2) is 51.4 Å². The van der Waals surface area contributed by atoms with E-state index in [1.165, 1.54) is 0 Å². The highest BCUT2D eigenvalue weighted by molar-refractivity contribution is 9.11. The van der Waals surface area contributed by atoms with Crippen molar-refractivity contribution in [2.75, 3.05) is 5.32 Å². The van der Waals surface area contributed by atoms with E-state index in [1.54, 1.807) is 12.1 Å². The number of phenolic OH excluding ortho intramolecular Hbond substituents is 1. The van der Waals surface area contributed by atoms with Crippen LogP contribution in [0.25, 0.3) is 0 Å². The number of carbonyl (C=O) groups is 1. The quantitative estimate of drug-likeness (QED) is 0.633. The van der Waals surface area contributed by atoms with E-state index >= 15 is 0 Å². The first-order chi connectivity index (χ1) is 11.0. The van der Waals surface area contributed by atoms with Gasteiger partial charge in [0.05, 0.1) is 14.4 Å². The first kappa shape index (κ1) is 16.5. The Morgan fingerprint density at radius 1 is 1.04 bits per heavy atom. The summed E-state index contributed by atoms with van der Waals surface area (Å²) in [6.45, 7) is 0. The lowest BCUT2D eigenvalue weighted by molar-refractivity contribution is -0.121. The van der Waals surface area contributed by atoms with Gasteiger partial charge in [-0.15, -0.1) is 0 Å². The zero-order valence-corrected chi connectivity index (χ0v) is 15.7. The van der Waals surface area contributed by atoms with Crippen LogP contribution in [-0.2, 0) is 10.2 Å². The summed E-state index contributed by atoms with van der Waals surface area (Å²) >= 11 is 6.59. The van der Waals surface area contributed by atoms with E-state index < -0.39 is 5.41 Å². The maximum atomic E-state index is 13.0. The molecule has 2 aromatic carbocycles. The SMILES string of the molecule is O=C(Nc1cc(Br)c(O)c(Br)c1)C1(c2ccccc2)CCCC1. The molecule has 0 heterocycles. The van der Waals surface area contributed by atoms with Crippen molar-refractivity contribution in [3.63, 3.8) is 0 Å². The number of hydrogen-bond donors (Lipinski definition) is 2. The van der Waals surface area contributed by atoms with Gasteiger partial charge in [0.1, 0.15) is 5.75 Å². The number of nitrogens with one attached hydrogen (secondary N) is 1. The average Bonchev–Trinajstić information content (AvgIpc) is 3.04. The second kappa shape index (κ2) is 6.65. The Bertz CT molecular complexity index is 702. The van der Waals surface area contributed by atoms with Gasteiger partial charge in [-0.2, -0.15) is 0 Å². The number of aromatic hydroxyl groups is 1. The van der Waals surface area contributed by atoms with Crippen molar-refractivity contribution in [3.05, 3.63) is 57.0 Å². The number of rotatable bonds is 3. The van der Waals surface area contributed by atoms with E-state index in [9.17, 15) is 9.90 Å².